The Hall–Kier alpha value is -1.02. The van der Waals surface area contributed by atoms with Crippen LogP contribution in [-0.4, -0.2) is 19.1 Å². The summed E-state index contributed by atoms with van der Waals surface area (Å²) in [6.07, 6.45) is 8.41. The van der Waals surface area contributed by atoms with Crippen molar-refractivity contribution in [3.05, 3.63) is 29.3 Å². The molecule has 0 bridgehead atoms. The second-order valence-corrected chi connectivity index (χ2v) is 6.44. The summed E-state index contributed by atoms with van der Waals surface area (Å²) in [7, 11) is 0. The van der Waals surface area contributed by atoms with Crippen LogP contribution in [-0.2, 0) is 13.0 Å². The minimum atomic E-state index is 0.843. The van der Waals surface area contributed by atoms with E-state index < -0.39 is 0 Å². The standard InChI is InChI=1S/C17H24N2/c1-4-13-6-3-11-19(16(13)7-1)17-8-2-5-14-12-18-10-9-15(14)17/h2,5,8,13,16,18H,1,3-4,6-7,9-12H2. The van der Waals surface area contributed by atoms with Gasteiger partial charge in [-0.25, -0.2) is 0 Å². The van der Waals surface area contributed by atoms with Crippen molar-refractivity contribution < 1.29 is 0 Å². The number of piperidine rings is 1. The lowest BCUT2D eigenvalue weighted by Crippen LogP contribution is -2.43. The highest BCUT2D eigenvalue weighted by molar-refractivity contribution is 5.59. The van der Waals surface area contributed by atoms with E-state index in [0.29, 0.717) is 0 Å². The first-order valence-electron chi connectivity index (χ1n) is 8.01. The number of hydrogen-bond donors (Lipinski definition) is 1. The molecule has 1 saturated carbocycles. The fourth-order valence-corrected chi connectivity index (χ4v) is 4.53. The number of nitrogens with zero attached hydrogens (tertiary/aromatic N) is 1. The minimum Gasteiger partial charge on any atom is -0.368 e. The van der Waals surface area contributed by atoms with Crippen molar-refractivity contribution in [1.82, 2.24) is 5.32 Å². The molecule has 19 heavy (non-hydrogen) atoms. The van der Waals surface area contributed by atoms with Crippen LogP contribution in [0.3, 0.4) is 0 Å². The lowest BCUT2D eigenvalue weighted by molar-refractivity contribution is 0.361. The van der Waals surface area contributed by atoms with E-state index in [1.807, 2.05) is 0 Å². The van der Waals surface area contributed by atoms with Gasteiger partial charge in [-0.3, -0.25) is 0 Å². The Morgan fingerprint density at radius 2 is 2.05 bits per heavy atom. The molecule has 1 aromatic carbocycles. The molecule has 2 unspecified atom stereocenters. The van der Waals surface area contributed by atoms with E-state index in [1.165, 1.54) is 50.6 Å². The van der Waals surface area contributed by atoms with Gasteiger partial charge in [0.15, 0.2) is 0 Å². The molecule has 1 saturated heterocycles. The molecule has 0 aromatic heterocycles. The quantitative estimate of drug-likeness (QED) is 0.830. The van der Waals surface area contributed by atoms with E-state index in [2.05, 4.69) is 28.4 Å². The van der Waals surface area contributed by atoms with Crippen LogP contribution in [0, 0.1) is 5.92 Å². The maximum atomic E-state index is 3.50. The zero-order chi connectivity index (χ0) is 12.7. The number of fused-ring (bicyclic) bond motifs is 2. The average Bonchev–Trinajstić information content (AvgIpc) is 2.95. The van der Waals surface area contributed by atoms with E-state index >= 15 is 0 Å². The van der Waals surface area contributed by atoms with Gasteiger partial charge in [-0.15, -0.1) is 0 Å². The smallest absolute Gasteiger partial charge is 0.0405 e. The maximum Gasteiger partial charge on any atom is 0.0405 e. The van der Waals surface area contributed by atoms with Crippen LogP contribution in [0.4, 0.5) is 5.69 Å². The second kappa shape index (κ2) is 4.82. The highest BCUT2D eigenvalue weighted by atomic mass is 15.2. The molecule has 2 atom stereocenters. The Bertz CT molecular complexity index is 468. The van der Waals surface area contributed by atoms with Crippen LogP contribution < -0.4 is 10.2 Å². The Morgan fingerprint density at radius 1 is 1.11 bits per heavy atom. The number of hydrogen-bond acceptors (Lipinski definition) is 2. The molecule has 1 N–H and O–H groups in total. The summed E-state index contributed by atoms with van der Waals surface area (Å²) in [4.78, 5) is 2.77. The molecule has 0 spiro atoms. The molecule has 2 nitrogen and oxygen atoms in total. The number of nitrogens with one attached hydrogen (secondary N) is 1. The Kier molecular flexibility index (Phi) is 2.99. The minimum absolute atomic E-state index is 0.843. The normalized spacial score (nSPS) is 30.0. The van der Waals surface area contributed by atoms with Crippen molar-refractivity contribution in [3.8, 4) is 0 Å². The van der Waals surface area contributed by atoms with Gasteiger partial charge in [0.25, 0.3) is 0 Å². The molecule has 2 heterocycles. The van der Waals surface area contributed by atoms with Crippen LogP contribution in [0.5, 0.6) is 0 Å². The topological polar surface area (TPSA) is 15.3 Å². The molecule has 1 aliphatic carbocycles. The molecule has 2 fully saturated rings. The number of anilines is 1. The first kappa shape index (κ1) is 11.8. The van der Waals surface area contributed by atoms with Crippen LogP contribution in [0.1, 0.15) is 43.2 Å². The van der Waals surface area contributed by atoms with Crippen molar-refractivity contribution in [3.63, 3.8) is 0 Å². The highest BCUT2D eigenvalue weighted by Gasteiger charge is 2.36. The first-order valence-corrected chi connectivity index (χ1v) is 8.01. The summed E-state index contributed by atoms with van der Waals surface area (Å²) in [5.74, 6) is 0.978. The van der Waals surface area contributed by atoms with Crippen LogP contribution in [0.15, 0.2) is 18.2 Å². The van der Waals surface area contributed by atoms with Crippen molar-refractivity contribution in [2.75, 3.05) is 18.0 Å². The first-order chi connectivity index (χ1) is 9.43. The van der Waals surface area contributed by atoms with Gasteiger partial charge in [0.05, 0.1) is 0 Å². The van der Waals surface area contributed by atoms with Crippen molar-refractivity contribution in [2.45, 2.75) is 51.1 Å². The molecule has 102 valence electrons. The third-order valence-corrected chi connectivity index (χ3v) is 5.42. The van der Waals surface area contributed by atoms with Crippen molar-refractivity contribution >= 4 is 5.69 Å². The largest absolute Gasteiger partial charge is 0.368 e. The number of rotatable bonds is 1. The Labute approximate surface area is 116 Å². The second-order valence-electron chi connectivity index (χ2n) is 6.44. The summed E-state index contributed by atoms with van der Waals surface area (Å²) in [5.41, 5.74) is 4.73. The van der Waals surface area contributed by atoms with Gasteiger partial charge in [0, 0.05) is 24.8 Å². The van der Waals surface area contributed by atoms with Crippen LogP contribution in [0.25, 0.3) is 0 Å². The van der Waals surface area contributed by atoms with E-state index in [4.69, 9.17) is 0 Å². The summed E-state index contributed by atoms with van der Waals surface area (Å²) in [6, 6.07) is 7.79. The predicted octanol–water partition coefficient (Wildman–Crippen LogP) is 3.10. The summed E-state index contributed by atoms with van der Waals surface area (Å²) < 4.78 is 0. The third-order valence-electron chi connectivity index (χ3n) is 5.42. The Balaban J connectivity index is 1.71. The molecular weight excluding hydrogens is 232 g/mol. The van der Waals surface area contributed by atoms with E-state index in [1.54, 1.807) is 11.3 Å². The maximum absolute atomic E-state index is 3.50. The fraction of sp³-hybridized carbons (Fsp3) is 0.647. The molecule has 0 radical (unpaired) electrons. The molecular formula is C17H24N2. The molecule has 2 heteroatoms. The van der Waals surface area contributed by atoms with Gasteiger partial charge in [0.1, 0.15) is 0 Å². The third kappa shape index (κ3) is 1.97. The lowest BCUT2D eigenvalue weighted by Gasteiger charge is -2.41. The molecule has 2 aliphatic heterocycles. The van der Waals surface area contributed by atoms with Gasteiger partial charge >= 0.3 is 0 Å². The summed E-state index contributed by atoms with van der Waals surface area (Å²) in [6.45, 7) is 3.49. The predicted molar refractivity (Wildman–Crippen MR) is 79.6 cm³/mol. The molecule has 1 aromatic rings. The summed E-state index contributed by atoms with van der Waals surface area (Å²) in [5, 5.41) is 3.50. The van der Waals surface area contributed by atoms with E-state index in [-0.39, 0.29) is 0 Å². The SMILES string of the molecule is c1cc2c(c(N3CCCC4CCCC43)c1)CCNC2. The van der Waals surface area contributed by atoms with Crippen LogP contribution in [0.2, 0.25) is 0 Å². The molecule has 4 rings (SSSR count). The lowest BCUT2D eigenvalue weighted by atomic mass is 9.89. The van der Waals surface area contributed by atoms with E-state index in [0.717, 1.165) is 25.0 Å². The average molecular weight is 256 g/mol. The van der Waals surface area contributed by atoms with Gasteiger partial charge < -0.3 is 10.2 Å². The van der Waals surface area contributed by atoms with Gasteiger partial charge in [0.2, 0.25) is 0 Å². The highest BCUT2D eigenvalue weighted by Crippen LogP contribution is 2.40. The van der Waals surface area contributed by atoms with Crippen molar-refractivity contribution in [2.24, 2.45) is 5.92 Å². The summed E-state index contributed by atoms with van der Waals surface area (Å²) >= 11 is 0. The zero-order valence-electron chi connectivity index (χ0n) is 11.7. The molecule has 0 amide bonds. The Morgan fingerprint density at radius 3 is 3.05 bits per heavy atom. The zero-order valence-corrected chi connectivity index (χ0v) is 11.7. The van der Waals surface area contributed by atoms with Crippen molar-refractivity contribution in [1.29, 1.82) is 0 Å². The molecule has 3 aliphatic rings. The van der Waals surface area contributed by atoms with Gasteiger partial charge in [-0.1, -0.05) is 18.6 Å². The monoisotopic (exact) mass is 256 g/mol. The van der Waals surface area contributed by atoms with Crippen LogP contribution >= 0.6 is 0 Å². The fourth-order valence-electron chi connectivity index (χ4n) is 4.53. The van der Waals surface area contributed by atoms with Gasteiger partial charge in [-0.05, 0) is 61.8 Å². The van der Waals surface area contributed by atoms with E-state index in [9.17, 15) is 0 Å². The number of benzene rings is 1. The van der Waals surface area contributed by atoms with Gasteiger partial charge in [-0.2, -0.15) is 0 Å².